The predicted octanol–water partition coefficient (Wildman–Crippen LogP) is 4.12. The van der Waals surface area contributed by atoms with Crippen LogP contribution in [-0.4, -0.2) is 16.6 Å². The van der Waals surface area contributed by atoms with Crippen LogP contribution in [0.3, 0.4) is 0 Å². The van der Waals surface area contributed by atoms with Gasteiger partial charge in [0.05, 0.1) is 12.6 Å². The summed E-state index contributed by atoms with van der Waals surface area (Å²) in [5, 5.41) is 5.66. The molecule has 0 bridgehead atoms. The molecule has 21 heavy (non-hydrogen) atoms. The number of thiophene rings is 1. The molecule has 2 aromatic rings. The van der Waals surface area contributed by atoms with Crippen LogP contribution in [0.4, 0.5) is 5.95 Å². The molecule has 3 rings (SSSR count). The Bertz CT molecular complexity index is 611. The van der Waals surface area contributed by atoms with Crippen molar-refractivity contribution in [3.63, 3.8) is 0 Å². The molecule has 4 nitrogen and oxygen atoms in total. The van der Waals surface area contributed by atoms with E-state index < -0.39 is 0 Å². The first-order valence-corrected chi connectivity index (χ1v) is 8.45. The Morgan fingerprint density at radius 1 is 1.43 bits per heavy atom. The largest absolute Gasteiger partial charge is 0.478 e. The van der Waals surface area contributed by atoms with Crippen LogP contribution in [0.5, 0.6) is 5.88 Å². The van der Waals surface area contributed by atoms with Crippen LogP contribution in [0.15, 0.2) is 17.5 Å². The van der Waals surface area contributed by atoms with Crippen molar-refractivity contribution in [2.75, 3.05) is 11.9 Å². The predicted molar refractivity (Wildman–Crippen MR) is 86.2 cm³/mol. The first-order chi connectivity index (χ1) is 10.3. The third kappa shape index (κ3) is 3.35. The molecule has 112 valence electrons. The van der Waals surface area contributed by atoms with Crippen molar-refractivity contribution in [1.29, 1.82) is 0 Å². The number of nitrogens with zero attached hydrogens (tertiary/aromatic N) is 2. The van der Waals surface area contributed by atoms with Crippen molar-refractivity contribution in [2.45, 2.75) is 45.6 Å². The monoisotopic (exact) mass is 303 g/mol. The second-order valence-corrected chi connectivity index (χ2v) is 6.41. The molecular weight excluding hydrogens is 282 g/mol. The maximum absolute atomic E-state index is 5.63. The summed E-state index contributed by atoms with van der Waals surface area (Å²) in [5.74, 6) is 1.33. The molecule has 0 radical (unpaired) electrons. The molecule has 0 fully saturated rings. The Morgan fingerprint density at radius 3 is 3.19 bits per heavy atom. The van der Waals surface area contributed by atoms with E-state index in [0.29, 0.717) is 24.5 Å². The van der Waals surface area contributed by atoms with Crippen molar-refractivity contribution in [2.24, 2.45) is 0 Å². The molecule has 1 aliphatic rings. The minimum Gasteiger partial charge on any atom is -0.478 e. The number of aromatic nitrogens is 2. The number of nitrogens with one attached hydrogen (secondary N) is 1. The lowest BCUT2D eigenvalue weighted by atomic mass is 9.94. The minimum absolute atomic E-state index is 0.320. The second kappa shape index (κ2) is 6.43. The number of ether oxygens (including phenoxy) is 1. The fourth-order valence-corrected chi connectivity index (χ4v) is 3.66. The Kier molecular flexibility index (Phi) is 4.39. The van der Waals surface area contributed by atoms with Gasteiger partial charge in [-0.1, -0.05) is 6.92 Å². The molecule has 1 aliphatic carbocycles. The topological polar surface area (TPSA) is 47.0 Å². The summed E-state index contributed by atoms with van der Waals surface area (Å²) in [6.45, 7) is 4.75. The van der Waals surface area contributed by atoms with Crippen molar-refractivity contribution < 1.29 is 4.74 Å². The highest BCUT2D eigenvalue weighted by Crippen LogP contribution is 2.35. The van der Waals surface area contributed by atoms with Crippen LogP contribution in [0.1, 0.15) is 48.4 Å². The summed E-state index contributed by atoms with van der Waals surface area (Å²) in [6.07, 6.45) is 4.53. The molecule has 1 atom stereocenters. The molecule has 5 heteroatoms. The van der Waals surface area contributed by atoms with E-state index in [0.717, 1.165) is 18.5 Å². The zero-order chi connectivity index (χ0) is 14.7. The third-order valence-electron chi connectivity index (χ3n) is 3.64. The Hall–Kier alpha value is -1.62. The molecule has 2 heterocycles. The zero-order valence-electron chi connectivity index (χ0n) is 12.6. The van der Waals surface area contributed by atoms with E-state index in [-0.39, 0.29) is 0 Å². The van der Waals surface area contributed by atoms with Gasteiger partial charge in [-0.05, 0) is 49.6 Å². The van der Waals surface area contributed by atoms with Gasteiger partial charge in [-0.15, -0.1) is 11.3 Å². The van der Waals surface area contributed by atoms with Crippen LogP contribution in [0.2, 0.25) is 0 Å². The molecular formula is C16H21N3OS. The fraction of sp³-hybridized carbons (Fsp3) is 0.500. The van der Waals surface area contributed by atoms with Gasteiger partial charge in [0.25, 0.3) is 0 Å². The smallest absolute Gasteiger partial charge is 0.226 e. The molecule has 0 saturated carbocycles. The molecule has 0 amide bonds. The quantitative estimate of drug-likeness (QED) is 0.902. The maximum atomic E-state index is 5.63. The minimum atomic E-state index is 0.320. The van der Waals surface area contributed by atoms with Crippen molar-refractivity contribution in [3.05, 3.63) is 33.6 Å². The molecule has 1 unspecified atom stereocenters. The van der Waals surface area contributed by atoms with E-state index in [4.69, 9.17) is 4.74 Å². The summed E-state index contributed by atoms with van der Waals surface area (Å²) in [5.41, 5.74) is 2.34. The summed E-state index contributed by atoms with van der Waals surface area (Å²) < 4.78 is 5.63. The third-order valence-corrected chi connectivity index (χ3v) is 4.64. The van der Waals surface area contributed by atoms with Gasteiger partial charge in [0.1, 0.15) is 0 Å². The van der Waals surface area contributed by atoms with Crippen LogP contribution >= 0.6 is 11.3 Å². The summed E-state index contributed by atoms with van der Waals surface area (Å²) >= 11 is 1.85. The Balaban J connectivity index is 1.78. The molecule has 1 N–H and O–H groups in total. The molecule has 2 aromatic heterocycles. The van der Waals surface area contributed by atoms with Gasteiger partial charge in [0, 0.05) is 16.6 Å². The van der Waals surface area contributed by atoms with Gasteiger partial charge in [-0.3, -0.25) is 0 Å². The van der Waals surface area contributed by atoms with Crippen LogP contribution in [-0.2, 0) is 6.42 Å². The van der Waals surface area contributed by atoms with Crippen molar-refractivity contribution >= 4 is 17.3 Å². The average molecular weight is 303 g/mol. The molecule has 0 aliphatic heterocycles. The number of aryl methyl sites for hydroxylation is 2. The summed E-state index contributed by atoms with van der Waals surface area (Å²) in [7, 11) is 0. The normalized spacial score (nSPS) is 17.3. The van der Waals surface area contributed by atoms with Gasteiger partial charge in [-0.2, -0.15) is 4.98 Å². The fourth-order valence-electron chi connectivity index (χ4n) is 2.68. The van der Waals surface area contributed by atoms with Gasteiger partial charge in [0.2, 0.25) is 11.8 Å². The highest BCUT2D eigenvalue weighted by atomic mass is 32.1. The number of anilines is 1. The summed E-state index contributed by atoms with van der Waals surface area (Å²) in [6, 6.07) is 4.43. The highest BCUT2D eigenvalue weighted by Gasteiger charge is 2.22. The molecule has 0 spiro atoms. The van der Waals surface area contributed by atoms with Gasteiger partial charge in [0.15, 0.2) is 0 Å². The number of fused-ring (bicyclic) bond motifs is 1. The Morgan fingerprint density at radius 2 is 2.33 bits per heavy atom. The Labute approximate surface area is 129 Å². The van der Waals surface area contributed by atoms with Gasteiger partial charge >= 0.3 is 0 Å². The maximum Gasteiger partial charge on any atom is 0.226 e. The van der Waals surface area contributed by atoms with Crippen LogP contribution in [0.25, 0.3) is 0 Å². The first-order valence-electron chi connectivity index (χ1n) is 7.57. The lowest BCUT2D eigenvalue weighted by Crippen LogP contribution is -2.17. The van der Waals surface area contributed by atoms with Gasteiger partial charge in [-0.25, -0.2) is 4.98 Å². The highest BCUT2D eigenvalue weighted by molar-refractivity contribution is 7.10. The second-order valence-electron chi connectivity index (χ2n) is 5.41. The molecule has 0 aromatic carbocycles. The summed E-state index contributed by atoms with van der Waals surface area (Å²) in [4.78, 5) is 10.5. The lowest BCUT2D eigenvalue weighted by molar-refractivity contribution is 0.304. The van der Waals surface area contributed by atoms with Crippen molar-refractivity contribution in [3.8, 4) is 5.88 Å². The van der Waals surface area contributed by atoms with E-state index in [1.165, 1.54) is 23.3 Å². The standard InChI is InChI=1S/C16H21N3OS/c1-3-8-20-15-10-11(2)17-16(19-15)18-13-5-4-6-14-12(13)7-9-21-14/h7,9-10,13H,3-6,8H2,1-2H3,(H,17,18,19). The van der Waals surface area contributed by atoms with E-state index in [2.05, 4.69) is 33.7 Å². The van der Waals surface area contributed by atoms with E-state index in [1.54, 1.807) is 0 Å². The number of rotatable bonds is 5. The van der Waals surface area contributed by atoms with Crippen LogP contribution in [0, 0.1) is 6.92 Å². The molecule has 0 saturated heterocycles. The van der Waals surface area contributed by atoms with Crippen LogP contribution < -0.4 is 10.1 Å². The zero-order valence-corrected chi connectivity index (χ0v) is 13.4. The SMILES string of the molecule is CCCOc1cc(C)nc(NC2CCCc3sccc32)n1. The van der Waals surface area contributed by atoms with E-state index >= 15 is 0 Å². The average Bonchev–Trinajstić information content (AvgIpc) is 2.94. The van der Waals surface area contributed by atoms with E-state index in [1.807, 2.05) is 24.3 Å². The number of hydrogen-bond acceptors (Lipinski definition) is 5. The van der Waals surface area contributed by atoms with Crippen molar-refractivity contribution in [1.82, 2.24) is 9.97 Å². The van der Waals surface area contributed by atoms with E-state index in [9.17, 15) is 0 Å². The lowest BCUT2D eigenvalue weighted by Gasteiger charge is -2.24. The first kappa shape index (κ1) is 14.3. The van der Waals surface area contributed by atoms with Gasteiger partial charge < -0.3 is 10.1 Å². The number of hydrogen-bond donors (Lipinski definition) is 1.